The van der Waals surface area contributed by atoms with Gasteiger partial charge in [-0.05, 0) is 17.7 Å². The van der Waals surface area contributed by atoms with Crippen molar-refractivity contribution in [3.63, 3.8) is 0 Å². The molecule has 1 spiro atoms. The van der Waals surface area contributed by atoms with Crippen LogP contribution in [0.15, 0.2) is 36.4 Å². The first kappa shape index (κ1) is 16.2. The average molecular weight is 365 g/mol. The number of rotatable bonds is 3. The van der Waals surface area contributed by atoms with Crippen LogP contribution in [0.4, 0.5) is 5.69 Å². The molecule has 0 saturated heterocycles. The lowest BCUT2D eigenvalue weighted by atomic mass is 9.77. The lowest BCUT2D eigenvalue weighted by Crippen LogP contribution is -2.44. The number of ketones is 1. The minimum Gasteiger partial charge on any atom is -0.491 e. The highest BCUT2D eigenvalue weighted by Crippen LogP contribution is 2.54. The molecular weight excluding hydrogens is 346 g/mol. The molecular formula is C21H19NO5. The van der Waals surface area contributed by atoms with Crippen LogP contribution in [0.2, 0.25) is 0 Å². The molecule has 3 heterocycles. The zero-order valence-electron chi connectivity index (χ0n) is 15.0. The third-order valence-corrected chi connectivity index (χ3v) is 5.54. The number of amides is 1. The van der Waals surface area contributed by atoms with E-state index in [1.54, 1.807) is 11.0 Å². The molecule has 0 bridgehead atoms. The molecule has 0 unspecified atom stereocenters. The van der Waals surface area contributed by atoms with Crippen LogP contribution in [-0.2, 0) is 15.0 Å². The fourth-order valence-corrected chi connectivity index (χ4v) is 4.16. The van der Waals surface area contributed by atoms with Crippen molar-refractivity contribution in [1.29, 1.82) is 0 Å². The second-order valence-corrected chi connectivity index (χ2v) is 6.99. The molecule has 0 saturated carbocycles. The Labute approximate surface area is 156 Å². The summed E-state index contributed by atoms with van der Waals surface area (Å²) in [5, 5.41) is 0. The molecule has 2 aromatic rings. The smallest absolute Gasteiger partial charge is 0.246 e. The number of fused-ring (bicyclic) bond motifs is 5. The molecule has 3 aliphatic heterocycles. The number of nitrogens with zero attached hydrogens (tertiary/aromatic N) is 1. The Kier molecular flexibility index (Phi) is 3.44. The predicted molar refractivity (Wildman–Crippen MR) is 97.8 cm³/mol. The van der Waals surface area contributed by atoms with Gasteiger partial charge < -0.3 is 19.1 Å². The maximum atomic E-state index is 13.6. The fraction of sp³-hybridized carbons (Fsp3) is 0.333. The van der Waals surface area contributed by atoms with Gasteiger partial charge in [0.1, 0.15) is 31.0 Å². The van der Waals surface area contributed by atoms with E-state index in [1.807, 2.05) is 37.3 Å². The number of ether oxygens (including phenoxy) is 3. The van der Waals surface area contributed by atoms with E-state index in [-0.39, 0.29) is 24.8 Å². The maximum absolute atomic E-state index is 13.6. The lowest BCUT2D eigenvalue weighted by molar-refractivity contribution is -0.124. The SMILES string of the molecule is CCC(=O)CN1C(=O)[C@@]2(COc3cc4c(cc32)OCCO4)c2ccccc21. The zero-order valence-corrected chi connectivity index (χ0v) is 15.0. The maximum Gasteiger partial charge on any atom is 0.246 e. The predicted octanol–water partition coefficient (Wildman–Crippen LogP) is 2.46. The molecule has 3 aliphatic rings. The Morgan fingerprint density at radius 3 is 2.56 bits per heavy atom. The van der Waals surface area contributed by atoms with Gasteiger partial charge in [-0.3, -0.25) is 9.59 Å². The van der Waals surface area contributed by atoms with Gasteiger partial charge in [0.2, 0.25) is 5.91 Å². The van der Waals surface area contributed by atoms with E-state index in [2.05, 4.69) is 0 Å². The molecule has 0 fully saturated rings. The van der Waals surface area contributed by atoms with Gasteiger partial charge in [0.15, 0.2) is 17.3 Å². The van der Waals surface area contributed by atoms with Crippen LogP contribution in [0.3, 0.4) is 0 Å². The first-order valence-corrected chi connectivity index (χ1v) is 9.15. The summed E-state index contributed by atoms with van der Waals surface area (Å²) >= 11 is 0. The first-order valence-electron chi connectivity index (χ1n) is 9.15. The van der Waals surface area contributed by atoms with Crippen molar-refractivity contribution >= 4 is 17.4 Å². The summed E-state index contributed by atoms with van der Waals surface area (Å²) in [7, 11) is 0. The monoisotopic (exact) mass is 365 g/mol. The number of anilines is 1. The molecule has 27 heavy (non-hydrogen) atoms. The molecule has 0 radical (unpaired) electrons. The van der Waals surface area contributed by atoms with Gasteiger partial charge in [0.05, 0.1) is 6.54 Å². The second-order valence-electron chi connectivity index (χ2n) is 6.99. The summed E-state index contributed by atoms with van der Waals surface area (Å²) in [5.74, 6) is 1.79. The number of benzene rings is 2. The van der Waals surface area contributed by atoms with Crippen molar-refractivity contribution in [2.45, 2.75) is 18.8 Å². The Morgan fingerprint density at radius 1 is 1.04 bits per heavy atom. The van der Waals surface area contributed by atoms with E-state index in [4.69, 9.17) is 14.2 Å². The van der Waals surface area contributed by atoms with Crippen molar-refractivity contribution in [3.05, 3.63) is 47.5 Å². The van der Waals surface area contributed by atoms with Crippen molar-refractivity contribution in [3.8, 4) is 17.2 Å². The first-order chi connectivity index (χ1) is 13.1. The van der Waals surface area contributed by atoms with Gasteiger partial charge in [0.25, 0.3) is 0 Å². The number of Topliss-reactive ketones (excluding diaryl/α,β-unsaturated/α-hetero) is 1. The van der Waals surface area contributed by atoms with Crippen LogP contribution in [0.5, 0.6) is 17.2 Å². The van der Waals surface area contributed by atoms with E-state index in [0.717, 1.165) is 16.8 Å². The Bertz CT molecular complexity index is 969. The minimum absolute atomic E-state index is 0.0246. The summed E-state index contributed by atoms with van der Waals surface area (Å²) in [6.45, 7) is 3.06. The van der Waals surface area contributed by atoms with Crippen LogP contribution in [0, 0.1) is 0 Å². The Morgan fingerprint density at radius 2 is 1.78 bits per heavy atom. The molecule has 0 aliphatic carbocycles. The van der Waals surface area contributed by atoms with Gasteiger partial charge in [-0.2, -0.15) is 0 Å². The van der Waals surface area contributed by atoms with E-state index in [0.29, 0.717) is 36.9 Å². The van der Waals surface area contributed by atoms with Gasteiger partial charge in [-0.25, -0.2) is 0 Å². The number of hydrogen-bond acceptors (Lipinski definition) is 5. The fourth-order valence-electron chi connectivity index (χ4n) is 4.16. The Balaban J connectivity index is 1.68. The highest BCUT2D eigenvalue weighted by atomic mass is 16.6. The summed E-state index contributed by atoms with van der Waals surface area (Å²) in [6, 6.07) is 11.3. The Hall–Kier alpha value is -3.02. The van der Waals surface area contributed by atoms with Crippen LogP contribution in [0.25, 0.3) is 0 Å². The van der Waals surface area contributed by atoms with Crippen LogP contribution < -0.4 is 19.1 Å². The van der Waals surface area contributed by atoms with Crippen molar-refractivity contribution in [2.24, 2.45) is 0 Å². The van der Waals surface area contributed by atoms with E-state index in [1.165, 1.54) is 0 Å². The summed E-state index contributed by atoms with van der Waals surface area (Å²) in [5.41, 5.74) is 1.47. The highest BCUT2D eigenvalue weighted by Gasteiger charge is 2.57. The summed E-state index contributed by atoms with van der Waals surface area (Å²) in [6.07, 6.45) is 0.394. The molecule has 0 N–H and O–H groups in total. The van der Waals surface area contributed by atoms with Gasteiger partial charge in [-0.15, -0.1) is 0 Å². The van der Waals surface area contributed by atoms with Gasteiger partial charge in [-0.1, -0.05) is 25.1 Å². The standard InChI is InChI=1S/C21H19NO5/c1-2-13(23)11-22-16-6-4-3-5-14(16)21(20(22)24)12-27-17-10-19-18(9-15(17)21)25-7-8-26-19/h3-6,9-10H,2,7-8,11-12H2,1H3/t21-/m0/s1. The van der Waals surface area contributed by atoms with Crippen molar-refractivity contribution in [1.82, 2.24) is 0 Å². The molecule has 6 heteroatoms. The summed E-state index contributed by atoms with van der Waals surface area (Å²) in [4.78, 5) is 27.3. The minimum atomic E-state index is -0.949. The topological polar surface area (TPSA) is 65.1 Å². The number of hydrogen-bond donors (Lipinski definition) is 0. The largest absolute Gasteiger partial charge is 0.491 e. The molecule has 5 rings (SSSR count). The molecule has 1 atom stereocenters. The van der Waals surface area contributed by atoms with E-state index >= 15 is 0 Å². The summed E-state index contributed by atoms with van der Waals surface area (Å²) < 4.78 is 17.3. The third kappa shape index (κ3) is 2.13. The third-order valence-electron chi connectivity index (χ3n) is 5.54. The number of para-hydroxylation sites is 1. The zero-order chi connectivity index (χ0) is 18.6. The van der Waals surface area contributed by atoms with Gasteiger partial charge in [0, 0.05) is 23.7 Å². The van der Waals surface area contributed by atoms with E-state index in [9.17, 15) is 9.59 Å². The van der Waals surface area contributed by atoms with Crippen molar-refractivity contribution in [2.75, 3.05) is 31.3 Å². The number of carbonyl (C=O) groups is 2. The average Bonchev–Trinajstić information content (AvgIpc) is 3.19. The van der Waals surface area contributed by atoms with Gasteiger partial charge >= 0.3 is 0 Å². The quantitative estimate of drug-likeness (QED) is 0.836. The van der Waals surface area contributed by atoms with E-state index < -0.39 is 5.41 Å². The highest BCUT2D eigenvalue weighted by molar-refractivity contribution is 6.13. The molecule has 138 valence electrons. The molecule has 1 amide bonds. The van der Waals surface area contributed by atoms with Crippen molar-refractivity contribution < 1.29 is 23.8 Å². The molecule has 6 nitrogen and oxygen atoms in total. The van der Waals surface area contributed by atoms with Crippen LogP contribution in [0.1, 0.15) is 24.5 Å². The van der Waals surface area contributed by atoms with Crippen LogP contribution in [-0.4, -0.2) is 38.1 Å². The number of carbonyl (C=O) groups excluding carboxylic acids is 2. The molecule has 2 aromatic carbocycles. The molecule has 0 aromatic heterocycles. The second kappa shape index (κ2) is 5.74. The normalized spacial score (nSPS) is 21.8. The lowest BCUT2D eigenvalue weighted by Gasteiger charge is -2.24. The van der Waals surface area contributed by atoms with Crippen LogP contribution >= 0.6 is 0 Å².